The second-order valence-corrected chi connectivity index (χ2v) is 5.02. The molecule has 0 bridgehead atoms. The standard InChI is InChI=1S/C18H16FN/c1-14-11-20(12-15-5-3-2-4-6-15)13-18(14)16-7-9-17(19)10-8-16/h2-11,13H,12H2,1H3. The van der Waals surface area contributed by atoms with E-state index in [1.165, 1.54) is 23.3 Å². The lowest BCUT2D eigenvalue weighted by atomic mass is 10.1. The highest BCUT2D eigenvalue weighted by Crippen LogP contribution is 2.24. The van der Waals surface area contributed by atoms with Crippen molar-refractivity contribution in [2.75, 3.05) is 0 Å². The van der Waals surface area contributed by atoms with Crippen molar-refractivity contribution in [2.45, 2.75) is 13.5 Å². The molecule has 100 valence electrons. The molecule has 0 unspecified atom stereocenters. The Balaban J connectivity index is 1.89. The topological polar surface area (TPSA) is 4.93 Å². The van der Waals surface area contributed by atoms with Crippen molar-refractivity contribution in [3.8, 4) is 11.1 Å². The Morgan fingerprint density at radius 1 is 0.900 bits per heavy atom. The molecule has 3 rings (SSSR count). The highest BCUT2D eigenvalue weighted by molar-refractivity contribution is 5.66. The number of aromatic nitrogens is 1. The van der Waals surface area contributed by atoms with Gasteiger partial charge in [-0.2, -0.15) is 0 Å². The van der Waals surface area contributed by atoms with Crippen molar-refractivity contribution in [1.29, 1.82) is 0 Å². The normalized spacial score (nSPS) is 10.7. The minimum Gasteiger partial charge on any atom is -0.349 e. The summed E-state index contributed by atoms with van der Waals surface area (Å²) in [7, 11) is 0. The lowest BCUT2D eigenvalue weighted by molar-refractivity contribution is 0.628. The van der Waals surface area contributed by atoms with Gasteiger partial charge in [0.05, 0.1) is 0 Å². The Kier molecular flexibility index (Phi) is 3.38. The molecule has 0 aliphatic carbocycles. The van der Waals surface area contributed by atoms with E-state index in [0.717, 1.165) is 17.7 Å². The highest BCUT2D eigenvalue weighted by Gasteiger charge is 2.06. The maximum absolute atomic E-state index is 13.0. The highest BCUT2D eigenvalue weighted by atomic mass is 19.1. The zero-order chi connectivity index (χ0) is 13.9. The molecule has 0 aliphatic rings. The zero-order valence-electron chi connectivity index (χ0n) is 11.4. The third-order valence-corrected chi connectivity index (χ3v) is 3.44. The Morgan fingerprint density at radius 2 is 1.60 bits per heavy atom. The van der Waals surface area contributed by atoms with Crippen LogP contribution in [0.4, 0.5) is 4.39 Å². The lowest BCUT2D eigenvalue weighted by Gasteiger charge is -2.02. The van der Waals surface area contributed by atoms with Gasteiger partial charge in [0.15, 0.2) is 0 Å². The summed E-state index contributed by atoms with van der Waals surface area (Å²) in [6.45, 7) is 2.93. The molecule has 0 atom stereocenters. The lowest BCUT2D eigenvalue weighted by Crippen LogP contribution is -1.95. The van der Waals surface area contributed by atoms with Crippen LogP contribution >= 0.6 is 0 Å². The Bertz CT molecular complexity index is 696. The first-order chi connectivity index (χ1) is 9.72. The van der Waals surface area contributed by atoms with Crippen LogP contribution in [-0.2, 0) is 6.54 Å². The van der Waals surface area contributed by atoms with E-state index in [9.17, 15) is 4.39 Å². The van der Waals surface area contributed by atoms with Gasteiger partial charge in [0.25, 0.3) is 0 Å². The fourth-order valence-electron chi connectivity index (χ4n) is 2.44. The van der Waals surface area contributed by atoms with Crippen molar-refractivity contribution in [2.24, 2.45) is 0 Å². The predicted molar refractivity (Wildman–Crippen MR) is 80.1 cm³/mol. The monoisotopic (exact) mass is 265 g/mol. The van der Waals surface area contributed by atoms with E-state index < -0.39 is 0 Å². The number of benzene rings is 2. The minimum absolute atomic E-state index is 0.199. The zero-order valence-corrected chi connectivity index (χ0v) is 11.4. The van der Waals surface area contributed by atoms with Gasteiger partial charge in [-0.15, -0.1) is 0 Å². The Morgan fingerprint density at radius 3 is 2.30 bits per heavy atom. The molecule has 0 spiro atoms. The van der Waals surface area contributed by atoms with Crippen molar-refractivity contribution in [1.82, 2.24) is 4.57 Å². The molecule has 1 nitrogen and oxygen atoms in total. The minimum atomic E-state index is -0.199. The van der Waals surface area contributed by atoms with Gasteiger partial charge >= 0.3 is 0 Å². The predicted octanol–water partition coefficient (Wildman–Crippen LogP) is 4.65. The van der Waals surface area contributed by atoms with E-state index >= 15 is 0 Å². The first-order valence-electron chi connectivity index (χ1n) is 6.68. The molecule has 0 N–H and O–H groups in total. The van der Waals surface area contributed by atoms with Crippen LogP contribution in [0.2, 0.25) is 0 Å². The van der Waals surface area contributed by atoms with Gasteiger partial charge in [-0.3, -0.25) is 0 Å². The molecule has 20 heavy (non-hydrogen) atoms. The molecule has 2 aromatic carbocycles. The summed E-state index contributed by atoms with van der Waals surface area (Å²) in [5.41, 5.74) is 4.68. The van der Waals surface area contributed by atoms with Crippen molar-refractivity contribution in [3.05, 3.63) is 83.9 Å². The number of rotatable bonds is 3. The van der Waals surface area contributed by atoms with Crippen molar-refractivity contribution in [3.63, 3.8) is 0 Å². The molecule has 1 aromatic heterocycles. The maximum Gasteiger partial charge on any atom is 0.123 e. The maximum atomic E-state index is 13.0. The summed E-state index contributed by atoms with van der Waals surface area (Å²) < 4.78 is 15.2. The fraction of sp³-hybridized carbons (Fsp3) is 0.111. The third kappa shape index (κ3) is 2.64. The van der Waals surface area contributed by atoms with Crippen molar-refractivity contribution < 1.29 is 4.39 Å². The molecular formula is C18H16FN. The summed E-state index contributed by atoms with van der Waals surface area (Å²) in [6.07, 6.45) is 4.25. The summed E-state index contributed by atoms with van der Waals surface area (Å²) in [5, 5.41) is 0. The van der Waals surface area contributed by atoms with Gasteiger partial charge in [-0.25, -0.2) is 4.39 Å². The number of nitrogens with zero attached hydrogens (tertiary/aromatic N) is 1. The van der Waals surface area contributed by atoms with Crippen molar-refractivity contribution >= 4 is 0 Å². The number of hydrogen-bond donors (Lipinski definition) is 0. The van der Waals surface area contributed by atoms with Gasteiger partial charge < -0.3 is 4.57 Å². The number of hydrogen-bond acceptors (Lipinski definition) is 0. The van der Waals surface area contributed by atoms with Gasteiger partial charge in [0, 0.05) is 24.5 Å². The molecule has 0 fully saturated rings. The number of aryl methyl sites for hydroxylation is 1. The first-order valence-corrected chi connectivity index (χ1v) is 6.68. The van der Waals surface area contributed by atoms with Crippen LogP contribution in [0.5, 0.6) is 0 Å². The molecule has 3 aromatic rings. The molecule has 0 aliphatic heterocycles. The average Bonchev–Trinajstić information content (AvgIpc) is 2.81. The molecule has 2 heteroatoms. The Labute approximate surface area is 118 Å². The summed E-state index contributed by atoms with van der Waals surface area (Å²) in [5.74, 6) is -0.199. The van der Waals surface area contributed by atoms with Crippen LogP contribution in [0, 0.1) is 12.7 Å². The molecule has 1 heterocycles. The third-order valence-electron chi connectivity index (χ3n) is 3.44. The van der Waals surface area contributed by atoms with Crippen LogP contribution in [0.1, 0.15) is 11.1 Å². The van der Waals surface area contributed by atoms with Crippen LogP contribution in [0.25, 0.3) is 11.1 Å². The molecule has 0 saturated carbocycles. The largest absolute Gasteiger partial charge is 0.349 e. The van der Waals surface area contributed by atoms with Gasteiger partial charge in [0.2, 0.25) is 0 Å². The van der Waals surface area contributed by atoms with Crippen LogP contribution in [-0.4, -0.2) is 4.57 Å². The van der Waals surface area contributed by atoms with E-state index in [1.54, 1.807) is 0 Å². The molecule has 0 saturated heterocycles. The fourth-order valence-corrected chi connectivity index (χ4v) is 2.44. The van der Waals surface area contributed by atoms with Crippen LogP contribution in [0.15, 0.2) is 67.0 Å². The second-order valence-electron chi connectivity index (χ2n) is 5.02. The smallest absolute Gasteiger partial charge is 0.123 e. The van der Waals surface area contributed by atoms with Gasteiger partial charge in [-0.05, 0) is 35.7 Å². The second kappa shape index (κ2) is 5.33. The van der Waals surface area contributed by atoms with E-state index in [1.807, 2.05) is 30.3 Å². The first kappa shape index (κ1) is 12.7. The quantitative estimate of drug-likeness (QED) is 0.649. The average molecular weight is 265 g/mol. The summed E-state index contributed by atoms with van der Waals surface area (Å²) in [4.78, 5) is 0. The molecule has 0 radical (unpaired) electrons. The van der Waals surface area contributed by atoms with E-state index in [2.05, 4.69) is 36.0 Å². The Hall–Kier alpha value is -2.35. The van der Waals surface area contributed by atoms with Gasteiger partial charge in [0.1, 0.15) is 5.82 Å². The molecular weight excluding hydrogens is 249 g/mol. The summed E-state index contributed by atoms with van der Waals surface area (Å²) in [6, 6.07) is 17.0. The SMILES string of the molecule is Cc1cn(Cc2ccccc2)cc1-c1ccc(F)cc1. The van der Waals surface area contributed by atoms with E-state index in [-0.39, 0.29) is 5.82 Å². The van der Waals surface area contributed by atoms with Gasteiger partial charge in [-0.1, -0.05) is 42.5 Å². The van der Waals surface area contributed by atoms with Crippen LogP contribution < -0.4 is 0 Å². The van der Waals surface area contributed by atoms with E-state index in [0.29, 0.717) is 0 Å². The molecule has 0 amide bonds. The van der Waals surface area contributed by atoms with Crippen LogP contribution in [0.3, 0.4) is 0 Å². The van der Waals surface area contributed by atoms with E-state index in [4.69, 9.17) is 0 Å². The number of halogens is 1. The summed E-state index contributed by atoms with van der Waals surface area (Å²) >= 11 is 0.